The molecule has 236 valence electrons. The number of pyridine rings is 2. The molecule has 9 aromatic rings. The Morgan fingerprint density at radius 3 is 1.53 bits per heavy atom. The van der Waals surface area contributed by atoms with E-state index in [1.165, 1.54) is 0 Å². The number of hydrogen-bond donors (Lipinski definition) is 0. The van der Waals surface area contributed by atoms with E-state index in [1.807, 2.05) is 72.8 Å². The zero-order valence-electron chi connectivity index (χ0n) is 30.8. The lowest BCUT2D eigenvalue weighted by molar-refractivity contribution is 1.37. The van der Waals surface area contributed by atoms with Crippen molar-refractivity contribution in [1.29, 1.82) is 0 Å². The smallest absolute Gasteiger partial charge is 0.115 e. The van der Waals surface area contributed by atoms with Gasteiger partial charge in [0.2, 0.25) is 0 Å². The molecule has 3 heterocycles. The van der Waals surface area contributed by atoms with Crippen LogP contribution in [0.5, 0.6) is 0 Å². The van der Waals surface area contributed by atoms with Crippen molar-refractivity contribution < 1.29 is 0 Å². The first-order valence-electron chi connectivity index (χ1n) is 17.9. The van der Waals surface area contributed by atoms with Gasteiger partial charge >= 0.3 is 0 Å². The van der Waals surface area contributed by atoms with Crippen molar-refractivity contribution in [1.82, 2.24) is 9.97 Å². The van der Waals surface area contributed by atoms with Gasteiger partial charge in [0, 0.05) is 32.3 Å². The fourth-order valence-electron chi connectivity index (χ4n) is 7.96. The topological polar surface area (TPSA) is 25.8 Å². The summed E-state index contributed by atoms with van der Waals surface area (Å²) < 4.78 is 0. The van der Waals surface area contributed by atoms with Crippen LogP contribution in [0.1, 0.15) is 0 Å². The van der Waals surface area contributed by atoms with Crippen molar-refractivity contribution in [3.63, 3.8) is 0 Å². The average Bonchev–Trinajstić information content (AvgIpc) is 3.52. The highest BCUT2D eigenvalue weighted by atomic mass is 32.1. The summed E-state index contributed by atoms with van der Waals surface area (Å²) in [5, 5.41) is 4.31. The molecule has 3 aromatic heterocycles. The number of nitrogens with zero attached hydrogens (tertiary/aromatic N) is 2. The molecule has 0 aliphatic heterocycles. The second kappa shape index (κ2) is 14.2. The predicted octanol–water partition coefficient (Wildman–Crippen LogP) is -3.86. The summed E-state index contributed by atoms with van der Waals surface area (Å²) in [5.74, 6) is 0. The molecule has 0 unspecified atom stereocenters. The van der Waals surface area contributed by atoms with Gasteiger partial charge in [-0.2, -0.15) is 0 Å². The van der Waals surface area contributed by atoms with Crippen molar-refractivity contribution in [2.75, 3.05) is 0 Å². The average molecular weight is 718 g/mol. The lowest BCUT2D eigenvalue weighted by Gasteiger charge is -2.25. The molecule has 0 spiro atoms. The molecular formula is C42H13B13N2S. The highest BCUT2D eigenvalue weighted by Gasteiger charge is 2.25. The fraction of sp³-hybridized carbons (Fsp3) is 0. The van der Waals surface area contributed by atoms with Gasteiger partial charge in [-0.1, -0.05) is 110 Å². The minimum atomic E-state index is 0.0442. The number of aromatic nitrogens is 2. The van der Waals surface area contributed by atoms with E-state index in [2.05, 4.69) is 4.98 Å². The molecule has 58 heavy (non-hydrogen) atoms. The molecule has 26 radical (unpaired) electrons. The maximum atomic E-state index is 7.13. The Bertz CT molecular complexity index is 3280. The number of rotatable bonds is 4. The number of benzene rings is 6. The normalized spacial score (nSPS) is 11.7. The van der Waals surface area contributed by atoms with Gasteiger partial charge in [-0.15, -0.1) is 33.2 Å². The van der Waals surface area contributed by atoms with E-state index >= 15 is 0 Å². The minimum Gasteiger partial charge on any atom is -0.254 e. The molecule has 0 aliphatic carbocycles. The van der Waals surface area contributed by atoms with E-state index in [0.29, 0.717) is 37.4 Å². The SMILES string of the molecule is [B]c1c(-c2c([B])c([B])c([B])c(-c3ccc(-c4ccc5ccc6cccnc6c5n4)c4ccccc34)c2[B])sc(-c2c([B])c([B])c([B])c3c([B])c([B])c([B])c([B])c23)c1[B]. The van der Waals surface area contributed by atoms with Crippen LogP contribution < -0.4 is 71.0 Å². The van der Waals surface area contributed by atoms with Crippen LogP contribution >= 0.6 is 11.3 Å². The molecule has 2 nitrogen and oxygen atoms in total. The zero-order chi connectivity index (χ0) is 41.1. The Morgan fingerprint density at radius 1 is 0.362 bits per heavy atom. The Kier molecular flexibility index (Phi) is 9.47. The van der Waals surface area contributed by atoms with Gasteiger partial charge in [-0.05, 0) is 55.9 Å². The van der Waals surface area contributed by atoms with E-state index in [1.54, 1.807) is 6.20 Å². The van der Waals surface area contributed by atoms with Gasteiger partial charge in [0.1, 0.15) is 102 Å². The van der Waals surface area contributed by atoms with Gasteiger partial charge < -0.3 is 0 Å². The molecule has 9 rings (SSSR count). The van der Waals surface area contributed by atoms with Crippen molar-refractivity contribution >= 4 is 228 Å². The first-order chi connectivity index (χ1) is 27.7. The Morgan fingerprint density at radius 2 is 0.862 bits per heavy atom. The molecule has 0 saturated carbocycles. The summed E-state index contributed by atoms with van der Waals surface area (Å²) >= 11 is 1.15. The van der Waals surface area contributed by atoms with Crippen molar-refractivity contribution in [3.8, 4) is 43.3 Å². The quantitative estimate of drug-likeness (QED) is 0.138. The standard InChI is InChI=1S/C42H13B13N2S/c43-26-21(19-11-10-18(16-5-1-2-6-17(16)19)20-12-9-15-8-7-14-4-3-13-56-39(14)40(15)57-20)27(44)33(50)32(49)25(26)42-38(55)37(54)41(58-42)24-22-23(29(46)34(51)31(24)48)30(47)36(53)35(52)28(22)45/h1-13H. The maximum absolute atomic E-state index is 7.13. The van der Waals surface area contributed by atoms with E-state index in [-0.39, 0.29) is 76.4 Å². The molecule has 0 N–H and O–H groups in total. The van der Waals surface area contributed by atoms with Crippen molar-refractivity contribution in [3.05, 3.63) is 79.0 Å². The maximum Gasteiger partial charge on any atom is 0.115 e. The summed E-state index contributed by atoms with van der Waals surface area (Å²) in [4.78, 5) is 10.5. The summed E-state index contributed by atoms with van der Waals surface area (Å²) in [6.07, 6.45) is 1.77. The molecule has 0 aliphatic rings. The Labute approximate surface area is 357 Å². The summed E-state index contributed by atoms with van der Waals surface area (Å²) in [5.41, 5.74) is 6.48. The van der Waals surface area contributed by atoms with Gasteiger partial charge in [-0.3, -0.25) is 4.98 Å². The molecule has 0 amide bonds. The van der Waals surface area contributed by atoms with Crippen LogP contribution in [0.4, 0.5) is 0 Å². The summed E-state index contributed by atoms with van der Waals surface area (Å²) in [7, 11) is 86.1. The Hall–Kier alpha value is -4.80. The third-order valence-electron chi connectivity index (χ3n) is 11.0. The van der Waals surface area contributed by atoms with Crippen LogP contribution in [0.15, 0.2) is 79.0 Å². The van der Waals surface area contributed by atoms with E-state index in [0.717, 1.165) is 55.2 Å². The second-order valence-corrected chi connectivity index (χ2v) is 15.1. The minimum absolute atomic E-state index is 0.0442. The molecule has 16 heteroatoms. The molecule has 0 fully saturated rings. The molecule has 6 aromatic carbocycles. The molecule has 0 saturated heterocycles. The van der Waals surface area contributed by atoms with Gasteiger partial charge in [0.25, 0.3) is 0 Å². The highest BCUT2D eigenvalue weighted by molar-refractivity contribution is 7.22. The molecular weight excluding hydrogens is 705 g/mol. The largest absolute Gasteiger partial charge is 0.254 e. The third-order valence-corrected chi connectivity index (χ3v) is 12.3. The van der Waals surface area contributed by atoms with Crippen LogP contribution in [0, 0.1) is 0 Å². The van der Waals surface area contributed by atoms with Gasteiger partial charge in [0.05, 0.1) is 16.7 Å². The fourth-order valence-corrected chi connectivity index (χ4v) is 9.24. The molecule has 0 bridgehead atoms. The highest BCUT2D eigenvalue weighted by Crippen LogP contribution is 2.37. The van der Waals surface area contributed by atoms with Crippen LogP contribution in [0.2, 0.25) is 0 Å². The Balaban J connectivity index is 1.27. The van der Waals surface area contributed by atoms with Crippen LogP contribution in [-0.4, -0.2) is 112 Å². The predicted molar refractivity (Wildman–Crippen MR) is 262 cm³/mol. The van der Waals surface area contributed by atoms with Gasteiger partial charge in [-0.25, -0.2) is 4.98 Å². The second-order valence-electron chi connectivity index (χ2n) is 14.1. The number of thiophene rings is 1. The third kappa shape index (κ3) is 5.57. The first-order valence-corrected chi connectivity index (χ1v) is 18.7. The lowest BCUT2D eigenvalue weighted by atomic mass is 9.58. The summed E-state index contributed by atoms with van der Waals surface area (Å²) in [6, 6.07) is 23.9. The number of fused-ring (bicyclic) bond motifs is 5. The van der Waals surface area contributed by atoms with E-state index < -0.39 is 0 Å². The molecule has 0 atom stereocenters. The van der Waals surface area contributed by atoms with Gasteiger partial charge in [0.15, 0.2) is 0 Å². The van der Waals surface area contributed by atoms with Crippen molar-refractivity contribution in [2.24, 2.45) is 0 Å². The van der Waals surface area contributed by atoms with E-state index in [9.17, 15) is 0 Å². The van der Waals surface area contributed by atoms with Crippen LogP contribution in [0.3, 0.4) is 0 Å². The first kappa shape index (κ1) is 38.7. The van der Waals surface area contributed by atoms with E-state index in [4.69, 9.17) is 107 Å². The monoisotopic (exact) mass is 720 g/mol. The van der Waals surface area contributed by atoms with Crippen molar-refractivity contribution in [2.45, 2.75) is 0 Å². The number of hydrogen-bond acceptors (Lipinski definition) is 3. The summed E-state index contributed by atoms with van der Waals surface area (Å²) in [6.45, 7) is 0. The van der Waals surface area contributed by atoms with Crippen LogP contribution in [0.25, 0.3) is 86.6 Å². The van der Waals surface area contributed by atoms with Crippen LogP contribution in [-0.2, 0) is 0 Å². The lowest BCUT2D eigenvalue weighted by Crippen LogP contribution is -2.52. The zero-order valence-corrected chi connectivity index (χ0v) is 31.6.